The van der Waals surface area contributed by atoms with Gasteiger partial charge in [-0.2, -0.15) is 0 Å². The highest BCUT2D eigenvalue weighted by atomic mass is 19.1. The van der Waals surface area contributed by atoms with Gasteiger partial charge in [0.25, 0.3) is 0 Å². The van der Waals surface area contributed by atoms with Crippen molar-refractivity contribution in [1.29, 1.82) is 0 Å². The molecule has 4 heteroatoms. The lowest BCUT2D eigenvalue weighted by molar-refractivity contribution is -0.119. The highest BCUT2D eigenvalue weighted by Crippen LogP contribution is 2.14. The van der Waals surface area contributed by atoms with Crippen LogP contribution in [0.25, 0.3) is 0 Å². The Morgan fingerprint density at radius 3 is 2.65 bits per heavy atom. The van der Waals surface area contributed by atoms with Crippen molar-refractivity contribution < 1.29 is 9.18 Å². The topological polar surface area (TPSA) is 41.1 Å². The Labute approximate surface area is 117 Å². The van der Waals surface area contributed by atoms with Crippen molar-refractivity contribution >= 4 is 11.6 Å². The van der Waals surface area contributed by atoms with Gasteiger partial charge < -0.3 is 10.6 Å². The molecule has 2 aromatic rings. The summed E-state index contributed by atoms with van der Waals surface area (Å²) in [5, 5.41) is 5.58. The van der Waals surface area contributed by atoms with Gasteiger partial charge in [-0.15, -0.1) is 0 Å². The van der Waals surface area contributed by atoms with Crippen molar-refractivity contribution in [1.82, 2.24) is 5.32 Å². The fraction of sp³-hybridized carbons (Fsp3) is 0.188. The lowest BCUT2D eigenvalue weighted by Gasteiger charge is -2.09. The standard InChI is InChI=1S/C16H17FN2O/c1-12-7-8-14(17)15(9-12)18-11-16(20)19-10-13-5-3-2-4-6-13/h2-9,18H,10-11H2,1H3,(H,19,20). The van der Waals surface area contributed by atoms with Crippen LogP contribution in [0.15, 0.2) is 48.5 Å². The summed E-state index contributed by atoms with van der Waals surface area (Å²) in [6.07, 6.45) is 0. The average molecular weight is 272 g/mol. The fourth-order valence-electron chi connectivity index (χ4n) is 1.81. The van der Waals surface area contributed by atoms with Gasteiger partial charge in [-0.1, -0.05) is 36.4 Å². The van der Waals surface area contributed by atoms with Gasteiger partial charge in [-0.3, -0.25) is 4.79 Å². The maximum absolute atomic E-state index is 13.5. The summed E-state index contributed by atoms with van der Waals surface area (Å²) in [6.45, 7) is 2.39. The predicted octanol–water partition coefficient (Wildman–Crippen LogP) is 2.86. The molecule has 0 bridgehead atoms. The van der Waals surface area contributed by atoms with Crippen LogP contribution in [0.4, 0.5) is 10.1 Å². The number of rotatable bonds is 5. The summed E-state index contributed by atoms with van der Waals surface area (Å²) in [5.74, 6) is -0.527. The number of carbonyl (C=O) groups is 1. The first-order valence-electron chi connectivity index (χ1n) is 6.46. The summed E-state index contributed by atoms with van der Waals surface area (Å²) in [6, 6.07) is 14.4. The van der Waals surface area contributed by atoms with Crippen molar-refractivity contribution in [3.05, 3.63) is 65.5 Å². The zero-order valence-corrected chi connectivity index (χ0v) is 11.3. The Kier molecular flexibility index (Phi) is 4.71. The van der Waals surface area contributed by atoms with Crippen LogP contribution in [-0.2, 0) is 11.3 Å². The summed E-state index contributed by atoms with van der Waals surface area (Å²) >= 11 is 0. The number of halogens is 1. The molecule has 0 atom stereocenters. The van der Waals surface area contributed by atoms with Gasteiger partial charge in [0, 0.05) is 6.54 Å². The molecule has 0 heterocycles. The zero-order valence-electron chi connectivity index (χ0n) is 11.3. The molecule has 0 spiro atoms. The first-order valence-corrected chi connectivity index (χ1v) is 6.46. The second-order valence-corrected chi connectivity index (χ2v) is 4.60. The summed E-state index contributed by atoms with van der Waals surface area (Å²) in [7, 11) is 0. The third-order valence-electron chi connectivity index (χ3n) is 2.89. The maximum Gasteiger partial charge on any atom is 0.239 e. The van der Waals surface area contributed by atoms with Crippen LogP contribution in [0.1, 0.15) is 11.1 Å². The molecule has 2 rings (SSSR count). The first kappa shape index (κ1) is 14.1. The number of carbonyl (C=O) groups excluding carboxylic acids is 1. The van der Waals surface area contributed by atoms with Crippen molar-refractivity contribution in [3.63, 3.8) is 0 Å². The summed E-state index contributed by atoms with van der Waals surface area (Å²) < 4.78 is 13.5. The minimum absolute atomic E-state index is 0.0488. The van der Waals surface area contributed by atoms with Gasteiger partial charge in [0.2, 0.25) is 5.91 Å². The van der Waals surface area contributed by atoms with E-state index in [4.69, 9.17) is 0 Å². The largest absolute Gasteiger partial charge is 0.374 e. The Morgan fingerprint density at radius 2 is 1.90 bits per heavy atom. The minimum Gasteiger partial charge on any atom is -0.374 e. The second-order valence-electron chi connectivity index (χ2n) is 4.60. The van der Waals surface area contributed by atoms with Crippen molar-refractivity contribution in [3.8, 4) is 0 Å². The predicted molar refractivity (Wildman–Crippen MR) is 77.9 cm³/mol. The SMILES string of the molecule is Cc1ccc(F)c(NCC(=O)NCc2ccccc2)c1. The molecule has 0 saturated heterocycles. The number of nitrogens with one attached hydrogen (secondary N) is 2. The molecule has 2 N–H and O–H groups in total. The summed E-state index contributed by atoms with van der Waals surface area (Å²) in [4.78, 5) is 11.7. The van der Waals surface area contributed by atoms with E-state index < -0.39 is 0 Å². The van der Waals surface area contributed by atoms with Crippen LogP contribution >= 0.6 is 0 Å². The molecule has 0 fully saturated rings. The molecule has 0 unspecified atom stereocenters. The van der Waals surface area contributed by atoms with Gasteiger partial charge in [0.05, 0.1) is 12.2 Å². The molecule has 0 radical (unpaired) electrons. The summed E-state index contributed by atoms with van der Waals surface area (Å²) in [5.41, 5.74) is 2.32. The molecule has 104 valence electrons. The van der Waals surface area contributed by atoms with E-state index in [1.54, 1.807) is 12.1 Å². The third kappa shape index (κ3) is 4.09. The minimum atomic E-state index is -0.355. The van der Waals surface area contributed by atoms with Crippen molar-refractivity contribution in [2.24, 2.45) is 0 Å². The molecular formula is C16H17FN2O. The van der Waals surface area contributed by atoms with Crippen LogP contribution in [0.3, 0.4) is 0 Å². The Morgan fingerprint density at radius 1 is 1.15 bits per heavy atom. The van der Waals surface area contributed by atoms with Gasteiger partial charge in [-0.25, -0.2) is 4.39 Å². The average Bonchev–Trinajstić information content (AvgIpc) is 2.47. The van der Waals surface area contributed by atoms with Crippen LogP contribution in [0.5, 0.6) is 0 Å². The Hall–Kier alpha value is -2.36. The number of hydrogen-bond donors (Lipinski definition) is 2. The number of hydrogen-bond acceptors (Lipinski definition) is 2. The Bertz CT molecular complexity index is 584. The quantitative estimate of drug-likeness (QED) is 0.878. The van der Waals surface area contributed by atoms with E-state index in [9.17, 15) is 9.18 Å². The van der Waals surface area contributed by atoms with Crippen LogP contribution < -0.4 is 10.6 Å². The second kappa shape index (κ2) is 6.70. The molecule has 0 aromatic heterocycles. The van der Waals surface area contributed by atoms with Gasteiger partial charge >= 0.3 is 0 Å². The van der Waals surface area contributed by atoms with E-state index in [0.717, 1.165) is 11.1 Å². The molecule has 20 heavy (non-hydrogen) atoms. The van der Waals surface area contributed by atoms with E-state index >= 15 is 0 Å². The molecular weight excluding hydrogens is 255 g/mol. The van der Waals surface area contributed by atoms with Crippen LogP contribution in [0, 0.1) is 12.7 Å². The number of benzene rings is 2. The Balaban J connectivity index is 1.82. The zero-order chi connectivity index (χ0) is 14.4. The molecule has 0 aliphatic carbocycles. The monoisotopic (exact) mass is 272 g/mol. The van der Waals surface area contributed by atoms with Crippen LogP contribution in [0.2, 0.25) is 0 Å². The highest BCUT2D eigenvalue weighted by molar-refractivity contribution is 5.80. The van der Waals surface area contributed by atoms with Gasteiger partial charge in [-0.05, 0) is 30.2 Å². The van der Waals surface area contributed by atoms with Gasteiger partial charge in [0.15, 0.2) is 0 Å². The van der Waals surface area contributed by atoms with E-state index in [1.807, 2.05) is 37.3 Å². The molecule has 3 nitrogen and oxygen atoms in total. The number of aryl methyl sites for hydroxylation is 1. The number of anilines is 1. The number of amides is 1. The smallest absolute Gasteiger partial charge is 0.239 e. The third-order valence-corrected chi connectivity index (χ3v) is 2.89. The molecule has 1 amide bonds. The van der Waals surface area contributed by atoms with Crippen LogP contribution in [-0.4, -0.2) is 12.5 Å². The van der Waals surface area contributed by atoms with Gasteiger partial charge in [0.1, 0.15) is 5.82 Å². The van der Waals surface area contributed by atoms with E-state index in [0.29, 0.717) is 12.2 Å². The van der Waals surface area contributed by atoms with E-state index in [-0.39, 0.29) is 18.3 Å². The molecule has 0 aliphatic rings. The lowest BCUT2D eigenvalue weighted by atomic mass is 10.2. The molecule has 0 aliphatic heterocycles. The van der Waals surface area contributed by atoms with E-state index in [2.05, 4.69) is 10.6 Å². The lowest BCUT2D eigenvalue weighted by Crippen LogP contribution is -2.29. The van der Waals surface area contributed by atoms with Crippen molar-refractivity contribution in [2.45, 2.75) is 13.5 Å². The molecule has 0 saturated carbocycles. The highest BCUT2D eigenvalue weighted by Gasteiger charge is 2.05. The van der Waals surface area contributed by atoms with Crippen molar-refractivity contribution in [2.75, 3.05) is 11.9 Å². The normalized spacial score (nSPS) is 10.1. The maximum atomic E-state index is 13.5. The van der Waals surface area contributed by atoms with E-state index in [1.165, 1.54) is 6.07 Å². The molecule has 2 aromatic carbocycles. The first-order chi connectivity index (χ1) is 9.65. The fourth-order valence-corrected chi connectivity index (χ4v) is 1.81.